The number of halogens is 21. The van der Waals surface area contributed by atoms with E-state index in [9.17, 15) is 88.1 Å². The van der Waals surface area contributed by atoms with Crippen LogP contribution in [-0.2, 0) is 124 Å². The van der Waals surface area contributed by atoms with Crippen LogP contribution in [0.15, 0.2) is 24.3 Å². The Bertz CT molecular complexity index is 842. The molecule has 4 nitrogen and oxygen atoms in total. The third-order valence-electron chi connectivity index (χ3n) is 5.93. The quantitative estimate of drug-likeness (QED) is 0.0957. The Balaban J connectivity index is -0.0000000178. The summed E-state index contributed by atoms with van der Waals surface area (Å²) in [6.45, 7) is 11.2. The molecule has 0 aromatic rings. The number of aliphatic hydroxyl groups excluding tert-OH is 4. The van der Waals surface area contributed by atoms with Gasteiger partial charge in [0.25, 0.3) is 0 Å². The molecule has 0 bridgehead atoms. The van der Waals surface area contributed by atoms with Crippen LogP contribution in [0.25, 0.3) is 0 Å². The molecule has 3 aliphatic carbocycles. The van der Waals surface area contributed by atoms with Crippen LogP contribution in [0.4, 0.5) is 88.1 Å². The van der Waals surface area contributed by atoms with Gasteiger partial charge in [-0.3, -0.25) is 0 Å². The number of hydrogen-bond donors (Lipinski definition) is 4. The monoisotopic (exact) mass is 2450 g/mol. The predicted molar refractivity (Wildman–Crippen MR) is 297 cm³/mol. The van der Waals surface area contributed by atoms with Crippen LogP contribution in [0.1, 0.15) is 125 Å². The largest absolute Gasteiger partial charge is 4.00 e. The van der Waals surface area contributed by atoms with Gasteiger partial charge in [-0.05, 0) is 66.2 Å². The van der Waals surface area contributed by atoms with Gasteiger partial charge in [0.2, 0.25) is 0 Å². The standard InChI is InChI=1S/C8H12.C7H13.C6H11.2C5H12O2.11CH3.2F3HP.5F3P.6Pt/c1-2-4-6-8-7-5-3-1;1-2-7-5-3-4-6-7;1-6-4-2-3-5-6;2*1-4(6)3-5(2)7;;;;;;;;;;;;7*1-4(2)3;;;;;;/h1-2,7-8H,3-6H2;5,7H,2-4,6H2,1H3;4,6H,2-3,5H2,1H3;2*4-7H,3H2,1-2H3;11*1H3;2*4H;;;;;;;;;;;/q;2*-1;;;11*-1;2*+1;;;;;;;;;3*+4/b2-1-,8-7?;;;;;;;;;;;;;;;;;;;;;;;;;;;;. The first-order valence-corrected chi connectivity index (χ1v) is 28.7. The van der Waals surface area contributed by atoms with Crippen LogP contribution in [0, 0.1) is 106 Å². The molecule has 2 saturated carbocycles. The van der Waals surface area contributed by atoms with E-state index in [4.69, 9.17) is 20.4 Å². The first-order chi connectivity index (χ1) is 29.0. The fraction of sp³-hybridized carbons (Fsp3) is 0.595. The average Bonchev–Trinajstić information content (AvgIpc) is 3.72. The third kappa shape index (κ3) is 408. The fourth-order valence-corrected chi connectivity index (χ4v) is 4.03. The molecule has 528 valence electrons. The van der Waals surface area contributed by atoms with E-state index in [-0.39, 0.29) is 211 Å². The minimum Gasteiger partial charge on any atom is -0.358 e. The van der Waals surface area contributed by atoms with E-state index in [2.05, 4.69) is 51.0 Å². The van der Waals surface area contributed by atoms with Crippen molar-refractivity contribution in [2.24, 2.45) is 11.8 Å². The summed E-state index contributed by atoms with van der Waals surface area (Å²) in [5, 5.41) is 34.3. The zero-order valence-corrected chi connectivity index (χ0v) is 68.1. The van der Waals surface area contributed by atoms with E-state index in [1.165, 1.54) is 70.6 Å². The van der Waals surface area contributed by atoms with Crippen molar-refractivity contribution >= 4 is 59.0 Å². The van der Waals surface area contributed by atoms with E-state index >= 15 is 0 Å². The maximum absolute atomic E-state index is 10.5. The van der Waals surface area contributed by atoms with Crippen molar-refractivity contribution < 1.29 is 233 Å². The molecular formula is C42H95F21O4P7Pt6+. The number of aliphatic hydroxyl groups is 4. The van der Waals surface area contributed by atoms with E-state index in [1.807, 2.05) is 0 Å². The van der Waals surface area contributed by atoms with Crippen LogP contribution in [0.5, 0.6) is 0 Å². The zero-order chi connectivity index (χ0) is 52.9. The van der Waals surface area contributed by atoms with Crippen LogP contribution in [-0.4, -0.2) is 44.8 Å². The van der Waals surface area contributed by atoms with E-state index < -0.39 is 59.0 Å². The predicted octanol–water partition coefficient (Wildman–Crippen LogP) is 26.6. The minimum atomic E-state index is -4.92. The molecule has 6 atom stereocenters. The van der Waals surface area contributed by atoms with Crippen LogP contribution in [0.2, 0.25) is 0 Å². The summed E-state index contributed by atoms with van der Waals surface area (Å²) in [5.41, 5.74) is 0. The minimum absolute atomic E-state index is 0. The van der Waals surface area contributed by atoms with Gasteiger partial charge in [-0.1, -0.05) is 70.3 Å². The number of allylic oxidation sites excluding steroid dienone is 4. The summed E-state index contributed by atoms with van der Waals surface area (Å²) in [4.78, 5) is 0. The van der Waals surface area contributed by atoms with Gasteiger partial charge in [0, 0.05) is 67.3 Å². The summed E-state index contributed by atoms with van der Waals surface area (Å²) >= 11 is 0.475. The summed E-state index contributed by atoms with van der Waals surface area (Å²) in [6.07, 6.45) is 28.2. The summed E-state index contributed by atoms with van der Waals surface area (Å²) < 4.78 is 207. The van der Waals surface area contributed by atoms with Gasteiger partial charge < -0.3 is 115 Å². The molecule has 38 heteroatoms. The molecule has 0 aromatic heterocycles. The smallest absolute Gasteiger partial charge is 0.358 e. The topological polar surface area (TPSA) is 80.9 Å². The van der Waals surface area contributed by atoms with Crippen molar-refractivity contribution in [3.63, 3.8) is 0 Å². The van der Waals surface area contributed by atoms with Crippen molar-refractivity contribution in [1.82, 2.24) is 0 Å². The van der Waals surface area contributed by atoms with Crippen molar-refractivity contribution in [3.05, 3.63) is 119 Å². The Morgan fingerprint density at radius 3 is 0.700 bits per heavy atom. The molecule has 3 aliphatic rings. The van der Waals surface area contributed by atoms with Gasteiger partial charge in [0.15, 0.2) is 0 Å². The molecule has 0 radical (unpaired) electrons. The number of hydrogen-bond acceptors (Lipinski definition) is 4. The molecule has 80 heavy (non-hydrogen) atoms. The maximum Gasteiger partial charge on any atom is 4.00 e. The van der Waals surface area contributed by atoms with Gasteiger partial charge in [-0.2, -0.15) is 75.0 Å². The summed E-state index contributed by atoms with van der Waals surface area (Å²) in [6, 6.07) is 0. The Morgan fingerprint density at radius 1 is 0.475 bits per heavy atom. The average molecular weight is 2450 g/mol. The second-order valence-electron chi connectivity index (χ2n) is 12.0. The SMILES string of the molecule is C1=CCC/C=C\CC1.CC(O)CC(C)O.CC(O)CC(C)O.CC1[CH-]CCC1.CCC1[CH-]CCC1.FP(F)F.FP(F)F.FP(F)F.FP(F)F.F[PH+](F)F.F[PH+](F)F.F[P](F)(F)=[Pt].[CH3-].[CH3-].[CH3-].[CH3-].[CH3-].[CH3-].[CH3-].[CH3-].[CH3-].[CH3-].[CH3-].[Pt+4].[Pt+4].[Pt+4].[Pt].[Pt]. The first kappa shape index (κ1) is 167. The van der Waals surface area contributed by atoms with Crippen molar-refractivity contribution in [2.45, 2.75) is 149 Å². The molecule has 0 amide bonds. The Kier molecular flexibility index (Phi) is 277. The van der Waals surface area contributed by atoms with Crippen molar-refractivity contribution in [3.8, 4) is 0 Å². The van der Waals surface area contributed by atoms with Gasteiger partial charge in [0.05, 0.1) is 24.4 Å². The second-order valence-corrected chi connectivity index (χ2v) is 18.5. The normalized spacial score (nSPS) is 14.5. The molecule has 0 spiro atoms. The molecular weight excluding hydrogens is 2350 g/mol. The summed E-state index contributed by atoms with van der Waals surface area (Å²) in [5.74, 6) is -3.02. The molecule has 6 unspecified atom stereocenters. The molecule has 4 N–H and O–H groups in total. The maximum atomic E-state index is 10.5. The van der Waals surface area contributed by atoms with Crippen LogP contribution >= 0.6 is 59.0 Å². The van der Waals surface area contributed by atoms with E-state index in [1.54, 1.807) is 27.7 Å². The fourth-order valence-electron chi connectivity index (χ4n) is 4.03. The van der Waals surface area contributed by atoms with E-state index in [0.717, 1.165) is 11.8 Å². The van der Waals surface area contributed by atoms with E-state index in [0.29, 0.717) is 31.6 Å². The molecule has 0 aromatic carbocycles. The molecule has 3 rings (SSSR count). The Morgan fingerprint density at radius 2 is 0.637 bits per heavy atom. The zero-order valence-electron chi connectivity index (χ0n) is 48.0. The molecule has 0 aliphatic heterocycles. The van der Waals surface area contributed by atoms with Crippen molar-refractivity contribution in [2.75, 3.05) is 0 Å². The van der Waals surface area contributed by atoms with Gasteiger partial charge in [-0.15, -0.1) is 0 Å². The molecule has 0 saturated heterocycles. The van der Waals surface area contributed by atoms with Crippen LogP contribution in [0.3, 0.4) is 0 Å². The van der Waals surface area contributed by atoms with Gasteiger partial charge >= 0.3 is 154 Å². The second kappa shape index (κ2) is 133. The Labute approximate surface area is 566 Å². The Hall–Kier alpha value is 4.99. The number of rotatable bonds is 5. The summed E-state index contributed by atoms with van der Waals surface area (Å²) in [7, 11) is -25.2. The first-order valence-electron chi connectivity index (χ1n) is 18.1. The third-order valence-corrected chi connectivity index (χ3v) is 5.93. The van der Waals surface area contributed by atoms with Gasteiger partial charge in [0.1, 0.15) is 0 Å². The van der Waals surface area contributed by atoms with Crippen molar-refractivity contribution in [1.29, 1.82) is 0 Å². The molecule has 2 fully saturated rings. The molecule has 0 heterocycles. The van der Waals surface area contributed by atoms with Gasteiger partial charge in [-0.25, -0.2) is 0 Å². The van der Waals surface area contributed by atoms with Crippen LogP contribution < -0.4 is 0 Å².